The molecule has 4 aromatic rings. The lowest BCUT2D eigenvalue weighted by atomic mass is 10.1. The second-order valence-corrected chi connectivity index (χ2v) is 9.04. The summed E-state index contributed by atoms with van der Waals surface area (Å²) >= 11 is 0. The van der Waals surface area contributed by atoms with E-state index >= 15 is 0 Å². The highest BCUT2D eigenvalue weighted by Gasteiger charge is 2.37. The first kappa shape index (κ1) is 23.2. The standard InChI is InChI=1S/C30H20N2O6/c1-17-3-7-19(8-4-17)37-20-9-5-18(6-10-20)32-29(35)24-14-12-22(16-26(24)30(32)36)38-21-11-13-23-25(15-21)28(34)31(2)27(23)33/h3-16H,1-2H3. The number of hydrogen-bond donors (Lipinski definition) is 0. The Morgan fingerprint density at radius 1 is 0.500 bits per heavy atom. The molecule has 0 saturated carbocycles. The van der Waals surface area contributed by atoms with Crippen LogP contribution >= 0.6 is 0 Å². The summed E-state index contributed by atoms with van der Waals surface area (Å²) in [6.07, 6.45) is 0. The van der Waals surface area contributed by atoms with Gasteiger partial charge in [0.1, 0.15) is 23.0 Å². The van der Waals surface area contributed by atoms with E-state index in [1.165, 1.54) is 31.3 Å². The Bertz CT molecular complexity index is 1660. The maximum atomic E-state index is 13.2. The van der Waals surface area contributed by atoms with Gasteiger partial charge in [0.25, 0.3) is 23.6 Å². The van der Waals surface area contributed by atoms with E-state index < -0.39 is 17.7 Å². The Labute approximate surface area is 217 Å². The van der Waals surface area contributed by atoms with E-state index in [0.717, 1.165) is 15.4 Å². The van der Waals surface area contributed by atoms with E-state index in [0.29, 0.717) is 34.2 Å². The first-order valence-electron chi connectivity index (χ1n) is 11.8. The fourth-order valence-corrected chi connectivity index (χ4v) is 4.46. The highest BCUT2D eigenvalue weighted by Crippen LogP contribution is 2.34. The SMILES string of the molecule is Cc1ccc(Oc2ccc(N3C(=O)c4ccc(Oc5ccc6c(c5)C(=O)N(C)C6=O)cc4C3=O)cc2)cc1. The van der Waals surface area contributed by atoms with Gasteiger partial charge in [-0.2, -0.15) is 0 Å². The van der Waals surface area contributed by atoms with Gasteiger partial charge < -0.3 is 9.47 Å². The monoisotopic (exact) mass is 504 g/mol. The number of imide groups is 2. The quantitative estimate of drug-likeness (QED) is 0.328. The van der Waals surface area contributed by atoms with Crippen LogP contribution in [0, 0.1) is 6.92 Å². The maximum absolute atomic E-state index is 13.2. The van der Waals surface area contributed by atoms with Crippen LogP contribution < -0.4 is 14.4 Å². The Balaban J connectivity index is 1.21. The minimum absolute atomic E-state index is 0.208. The number of benzene rings is 4. The van der Waals surface area contributed by atoms with Gasteiger partial charge in [-0.1, -0.05) is 17.7 Å². The summed E-state index contributed by atoms with van der Waals surface area (Å²) in [6.45, 7) is 1.99. The Morgan fingerprint density at radius 2 is 0.921 bits per heavy atom. The highest BCUT2D eigenvalue weighted by molar-refractivity contribution is 6.34. The highest BCUT2D eigenvalue weighted by atomic mass is 16.5. The van der Waals surface area contributed by atoms with E-state index in [9.17, 15) is 19.2 Å². The van der Waals surface area contributed by atoms with Crippen molar-refractivity contribution in [2.24, 2.45) is 0 Å². The van der Waals surface area contributed by atoms with E-state index in [1.807, 2.05) is 31.2 Å². The lowest BCUT2D eigenvalue weighted by Crippen LogP contribution is -2.29. The molecule has 2 aliphatic heterocycles. The molecule has 0 N–H and O–H groups in total. The third kappa shape index (κ3) is 3.79. The van der Waals surface area contributed by atoms with Crippen molar-refractivity contribution in [2.45, 2.75) is 6.92 Å². The summed E-state index contributed by atoms with van der Waals surface area (Å²) < 4.78 is 11.7. The van der Waals surface area contributed by atoms with Crippen LogP contribution in [0.3, 0.4) is 0 Å². The van der Waals surface area contributed by atoms with Gasteiger partial charge in [0, 0.05) is 7.05 Å². The van der Waals surface area contributed by atoms with Crippen LogP contribution in [0.1, 0.15) is 47.0 Å². The molecule has 2 heterocycles. The number of amides is 4. The van der Waals surface area contributed by atoms with E-state index in [4.69, 9.17) is 9.47 Å². The molecule has 0 spiro atoms. The third-order valence-electron chi connectivity index (χ3n) is 6.51. The summed E-state index contributed by atoms with van der Waals surface area (Å²) in [4.78, 5) is 52.9. The van der Waals surface area contributed by atoms with Crippen molar-refractivity contribution in [3.63, 3.8) is 0 Å². The van der Waals surface area contributed by atoms with E-state index in [2.05, 4.69) is 0 Å². The van der Waals surface area contributed by atoms with Crippen molar-refractivity contribution < 1.29 is 28.7 Å². The molecule has 0 unspecified atom stereocenters. The average Bonchev–Trinajstić information content (AvgIpc) is 3.30. The fourth-order valence-electron chi connectivity index (χ4n) is 4.46. The van der Waals surface area contributed by atoms with Crippen LogP contribution in [0.5, 0.6) is 23.0 Å². The minimum atomic E-state index is -0.473. The number of hydrogen-bond acceptors (Lipinski definition) is 6. The number of rotatable bonds is 5. The largest absolute Gasteiger partial charge is 0.457 e. The molecule has 0 radical (unpaired) electrons. The van der Waals surface area contributed by atoms with Crippen LogP contribution in [0.15, 0.2) is 84.9 Å². The molecule has 8 heteroatoms. The van der Waals surface area contributed by atoms with Gasteiger partial charge in [-0.05, 0) is 79.7 Å². The van der Waals surface area contributed by atoms with Gasteiger partial charge in [-0.25, -0.2) is 4.90 Å². The molecular weight excluding hydrogens is 484 g/mol. The number of fused-ring (bicyclic) bond motifs is 2. The second kappa shape index (κ2) is 8.70. The lowest BCUT2D eigenvalue weighted by Gasteiger charge is -2.14. The number of nitrogens with zero attached hydrogens (tertiary/aromatic N) is 2. The van der Waals surface area contributed by atoms with Gasteiger partial charge in [0.2, 0.25) is 0 Å². The predicted molar refractivity (Wildman–Crippen MR) is 138 cm³/mol. The van der Waals surface area contributed by atoms with Crippen molar-refractivity contribution in [3.8, 4) is 23.0 Å². The Morgan fingerprint density at radius 3 is 1.53 bits per heavy atom. The number of carbonyl (C=O) groups is 4. The van der Waals surface area contributed by atoms with Crippen LogP contribution in [0.25, 0.3) is 0 Å². The van der Waals surface area contributed by atoms with Crippen LogP contribution in [-0.4, -0.2) is 35.6 Å². The molecule has 2 aliphatic rings. The van der Waals surface area contributed by atoms with E-state index in [1.54, 1.807) is 36.4 Å². The molecule has 0 bridgehead atoms. The molecule has 0 saturated heterocycles. The van der Waals surface area contributed by atoms with Crippen molar-refractivity contribution in [3.05, 3.63) is 113 Å². The first-order chi connectivity index (χ1) is 18.3. The van der Waals surface area contributed by atoms with Crippen LogP contribution in [-0.2, 0) is 0 Å². The molecule has 38 heavy (non-hydrogen) atoms. The average molecular weight is 504 g/mol. The van der Waals surface area contributed by atoms with Gasteiger partial charge in [0.05, 0.1) is 27.9 Å². The Hall–Kier alpha value is -5.24. The zero-order valence-corrected chi connectivity index (χ0v) is 20.4. The second-order valence-electron chi connectivity index (χ2n) is 9.04. The van der Waals surface area contributed by atoms with Gasteiger partial charge in [-0.3, -0.25) is 24.1 Å². The van der Waals surface area contributed by atoms with Crippen molar-refractivity contribution in [1.29, 1.82) is 0 Å². The van der Waals surface area contributed by atoms with Crippen molar-refractivity contribution in [2.75, 3.05) is 11.9 Å². The van der Waals surface area contributed by atoms with Crippen molar-refractivity contribution >= 4 is 29.3 Å². The first-order valence-corrected chi connectivity index (χ1v) is 11.8. The number of aryl methyl sites for hydroxylation is 1. The van der Waals surface area contributed by atoms with E-state index in [-0.39, 0.29) is 22.6 Å². The molecule has 6 rings (SSSR count). The molecule has 186 valence electrons. The molecule has 4 aromatic carbocycles. The molecule has 0 aromatic heterocycles. The number of ether oxygens (including phenoxy) is 2. The van der Waals surface area contributed by atoms with Crippen LogP contribution in [0.2, 0.25) is 0 Å². The van der Waals surface area contributed by atoms with Crippen LogP contribution in [0.4, 0.5) is 5.69 Å². The zero-order valence-electron chi connectivity index (χ0n) is 20.4. The minimum Gasteiger partial charge on any atom is -0.457 e. The summed E-state index contributed by atoms with van der Waals surface area (Å²) in [5, 5.41) is 0. The molecule has 0 fully saturated rings. The topological polar surface area (TPSA) is 93.2 Å². The fraction of sp³-hybridized carbons (Fsp3) is 0.0667. The molecule has 8 nitrogen and oxygen atoms in total. The molecule has 0 atom stereocenters. The van der Waals surface area contributed by atoms with Gasteiger partial charge in [-0.15, -0.1) is 0 Å². The zero-order chi connectivity index (χ0) is 26.6. The Kier molecular flexibility index (Phi) is 5.31. The van der Waals surface area contributed by atoms with Gasteiger partial charge >= 0.3 is 0 Å². The molecule has 0 aliphatic carbocycles. The predicted octanol–water partition coefficient (Wildman–Crippen LogP) is 5.61. The number of anilines is 1. The lowest BCUT2D eigenvalue weighted by molar-refractivity contribution is 0.0692. The summed E-state index contributed by atoms with van der Waals surface area (Å²) in [6, 6.07) is 23.6. The normalized spacial score (nSPS) is 14.2. The van der Waals surface area contributed by atoms with Crippen molar-refractivity contribution in [1.82, 2.24) is 4.90 Å². The molecule has 4 amide bonds. The number of carbonyl (C=O) groups excluding carboxylic acids is 4. The summed E-state index contributed by atoms with van der Waals surface area (Å²) in [7, 11) is 1.42. The third-order valence-corrected chi connectivity index (χ3v) is 6.51. The maximum Gasteiger partial charge on any atom is 0.266 e. The van der Waals surface area contributed by atoms with Gasteiger partial charge in [0.15, 0.2) is 0 Å². The summed E-state index contributed by atoms with van der Waals surface area (Å²) in [5.41, 5.74) is 2.58. The smallest absolute Gasteiger partial charge is 0.266 e. The molecular formula is C30H20N2O6. The summed E-state index contributed by atoms with van der Waals surface area (Å²) in [5.74, 6) is 0.224.